The predicted molar refractivity (Wildman–Crippen MR) is 97.4 cm³/mol. The topological polar surface area (TPSA) is 0 Å². The summed E-state index contributed by atoms with van der Waals surface area (Å²) in [6.45, 7) is 24.3. The van der Waals surface area contributed by atoms with Crippen molar-refractivity contribution in [3.8, 4) is 0 Å². The van der Waals surface area contributed by atoms with Crippen LogP contribution < -0.4 is 0 Å². The summed E-state index contributed by atoms with van der Waals surface area (Å²) in [6, 6.07) is 0. The van der Waals surface area contributed by atoms with E-state index in [1.807, 2.05) is 0 Å². The van der Waals surface area contributed by atoms with Gasteiger partial charge in [0.05, 0.1) is 22.3 Å². The molecule has 0 saturated carbocycles. The van der Waals surface area contributed by atoms with Gasteiger partial charge in [0.15, 0.2) is 0 Å². The van der Waals surface area contributed by atoms with Crippen molar-refractivity contribution < 1.29 is 0 Å². The zero-order valence-corrected chi connectivity index (χ0v) is 13.4. The molecule has 0 bridgehead atoms. The van der Waals surface area contributed by atoms with Gasteiger partial charge in [0.2, 0.25) is 0 Å². The van der Waals surface area contributed by atoms with E-state index in [0.29, 0.717) is 0 Å². The first-order valence-corrected chi connectivity index (χ1v) is 15.8. The molecule has 0 radical (unpaired) electrons. The van der Waals surface area contributed by atoms with Crippen LogP contribution in [-0.4, -0.2) is 22.3 Å². The first-order valence-electron chi connectivity index (χ1n) is 5.09. The third kappa shape index (κ3) is 4.23. The van der Waals surface area contributed by atoms with Gasteiger partial charge in [0.25, 0.3) is 0 Å². The standard InChI is InChI=1S/C11H24Si3.3CH4/c1-9-12(4,5)14(8,11-3)13(6,7)10-2;;;/h9-11H,1-3H2,4-8H3;3*1H4. The van der Waals surface area contributed by atoms with Crippen molar-refractivity contribution in [3.05, 3.63) is 36.8 Å². The van der Waals surface area contributed by atoms with Crippen LogP contribution in [-0.2, 0) is 0 Å². The molecule has 0 N–H and O–H groups in total. The van der Waals surface area contributed by atoms with Gasteiger partial charge in [-0.25, -0.2) is 0 Å². The van der Waals surface area contributed by atoms with Crippen LogP contribution in [0.4, 0.5) is 0 Å². The van der Waals surface area contributed by atoms with Gasteiger partial charge in [0, 0.05) is 0 Å². The lowest BCUT2D eigenvalue weighted by molar-refractivity contribution is 1.81. The minimum absolute atomic E-state index is 0. The maximum Gasteiger partial charge on any atom is 0.0702 e. The molecule has 0 aromatic rings. The van der Waals surface area contributed by atoms with Gasteiger partial charge in [-0.05, 0) is 0 Å². The van der Waals surface area contributed by atoms with E-state index < -0.39 is 22.3 Å². The largest absolute Gasteiger partial charge is 0.107 e. The fourth-order valence-electron chi connectivity index (χ4n) is 1.78. The van der Waals surface area contributed by atoms with Crippen molar-refractivity contribution in [2.45, 2.75) is 55.0 Å². The molecule has 0 unspecified atom stereocenters. The highest BCUT2D eigenvalue weighted by Crippen LogP contribution is 2.31. The van der Waals surface area contributed by atoms with Crippen LogP contribution >= 0.6 is 0 Å². The first kappa shape index (κ1) is 25.7. The number of hydrogen-bond donors (Lipinski definition) is 0. The van der Waals surface area contributed by atoms with Crippen molar-refractivity contribution in [1.82, 2.24) is 0 Å². The molecule has 104 valence electrons. The van der Waals surface area contributed by atoms with Crippen LogP contribution in [0.15, 0.2) is 36.8 Å². The van der Waals surface area contributed by atoms with E-state index >= 15 is 0 Å². The summed E-state index contributed by atoms with van der Waals surface area (Å²) < 4.78 is 0. The molecule has 0 amide bonds. The molecule has 0 nitrogen and oxygen atoms in total. The molecule has 0 aliphatic heterocycles. The summed E-state index contributed by atoms with van der Waals surface area (Å²) in [6.07, 6.45) is 0. The van der Waals surface area contributed by atoms with Gasteiger partial charge in [0.1, 0.15) is 0 Å². The Balaban J connectivity index is -0.000000282. The highest BCUT2D eigenvalue weighted by atomic mass is 29.6. The van der Waals surface area contributed by atoms with Gasteiger partial charge >= 0.3 is 0 Å². The van der Waals surface area contributed by atoms with E-state index in [1.54, 1.807) is 0 Å². The highest BCUT2D eigenvalue weighted by molar-refractivity contribution is 7.72. The monoisotopic (exact) mass is 288 g/mol. The van der Waals surface area contributed by atoms with Gasteiger partial charge in [-0.2, -0.15) is 0 Å². The summed E-state index contributed by atoms with van der Waals surface area (Å²) in [5.74, 6) is 0. The molecule has 0 atom stereocenters. The molecular weight excluding hydrogens is 252 g/mol. The lowest BCUT2D eigenvalue weighted by Gasteiger charge is -2.46. The SMILES string of the molecule is C.C.C.C=C[Si](C)(C)[Si](C)(C=C)[Si](C)(C)C=C. The van der Waals surface area contributed by atoms with E-state index in [9.17, 15) is 0 Å². The summed E-state index contributed by atoms with van der Waals surface area (Å²) in [5, 5.41) is 0. The molecule has 3 heteroatoms. The number of rotatable bonds is 5. The van der Waals surface area contributed by atoms with Gasteiger partial charge in [-0.3, -0.25) is 0 Å². The Labute approximate surface area is 114 Å². The minimum atomic E-state index is -1.37. The first-order chi connectivity index (χ1) is 6.18. The normalized spacial score (nSPS) is 11.1. The van der Waals surface area contributed by atoms with E-state index in [-0.39, 0.29) is 22.3 Å². The molecule has 0 saturated heterocycles. The quantitative estimate of drug-likeness (QED) is 0.567. The zero-order chi connectivity index (χ0) is 11.6. The van der Waals surface area contributed by atoms with Crippen molar-refractivity contribution in [2.24, 2.45) is 0 Å². The molecule has 0 aliphatic rings. The van der Waals surface area contributed by atoms with E-state index in [1.165, 1.54) is 0 Å². The summed E-state index contributed by atoms with van der Waals surface area (Å²) in [5.41, 5.74) is 6.76. The van der Waals surface area contributed by atoms with Crippen LogP contribution in [0, 0.1) is 0 Å². The van der Waals surface area contributed by atoms with Crippen molar-refractivity contribution in [2.75, 3.05) is 0 Å². The van der Waals surface area contributed by atoms with Crippen LogP contribution in [0.1, 0.15) is 22.3 Å². The smallest absolute Gasteiger partial charge is 0.0702 e. The molecule has 0 aromatic heterocycles. The number of hydrogen-bond acceptors (Lipinski definition) is 0. The lowest BCUT2D eigenvalue weighted by Crippen LogP contribution is -2.69. The maximum absolute atomic E-state index is 4.10. The fourth-order valence-corrected chi connectivity index (χ4v) is 32.8. The van der Waals surface area contributed by atoms with E-state index in [0.717, 1.165) is 0 Å². The Morgan fingerprint density at radius 2 is 0.824 bits per heavy atom. The maximum atomic E-state index is 4.10. The minimum Gasteiger partial charge on any atom is -0.107 e. The van der Waals surface area contributed by atoms with Crippen LogP contribution in [0.2, 0.25) is 32.7 Å². The second kappa shape index (κ2) is 8.06. The molecule has 0 spiro atoms. The average molecular weight is 289 g/mol. The van der Waals surface area contributed by atoms with Crippen molar-refractivity contribution in [1.29, 1.82) is 0 Å². The second-order valence-corrected chi connectivity index (χ2v) is 31.2. The molecule has 0 aliphatic carbocycles. The molecule has 0 fully saturated rings. The van der Waals surface area contributed by atoms with Crippen LogP contribution in [0.3, 0.4) is 0 Å². The Morgan fingerprint density at radius 3 is 0.941 bits per heavy atom. The predicted octanol–water partition coefficient (Wildman–Crippen LogP) is 5.72. The van der Waals surface area contributed by atoms with Gasteiger partial charge in [-0.1, -0.05) is 55.0 Å². The third-order valence-corrected chi connectivity index (χ3v) is 42.4. The zero-order valence-electron chi connectivity index (χ0n) is 10.4. The summed E-state index contributed by atoms with van der Waals surface area (Å²) in [4.78, 5) is 0. The Kier molecular flexibility index (Phi) is 12.2. The van der Waals surface area contributed by atoms with E-state index in [4.69, 9.17) is 0 Å². The molecule has 0 aromatic carbocycles. The van der Waals surface area contributed by atoms with Gasteiger partial charge < -0.3 is 0 Å². The van der Waals surface area contributed by atoms with Crippen LogP contribution in [0.25, 0.3) is 0 Å². The van der Waals surface area contributed by atoms with Crippen LogP contribution in [0.5, 0.6) is 0 Å². The Hall–Kier alpha value is -0.129. The second-order valence-electron chi connectivity index (χ2n) is 5.26. The molecule has 0 heterocycles. The molecule has 17 heavy (non-hydrogen) atoms. The fraction of sp³-hybridized carbons (Fsp3) is 0.571. The van der Waals surface area contributed by atoms with Crippen molar-refractivity contribution in [3.63, 3.8) is 0 Å². The van der Waals surface area contributed by atoms with Gasteiger partial charge in [-0.15, -0.1) is 36.8 Å². The summed E-state index contributed by atoms with van der Waals surface area (Å²) in [7, 11) is -4.00. The highest BCUT2D eigenvalue weighted by Gasteiger charge is 2.50. The third-order valence-electron chi connectivity index (χ3n) is 4.11. The summed E-state index contributed by atoms with van der Waals surface area (Å²) >= 11 is 0. The molecule has 0 rings (SSSR count). The average Bonchev–Trinajstić information content (AvgIpc) is 2.15. The Bertz CT molecular complexity index is 232. The Morgan fingerprint density at radius 1 is 0.588 bits per heavy atom. The molecular formula is C14H36Si3. The lowest BCUT2D eigenvalue weighted by atomic mass is 11.3. The van der Waals surface area contributed by atoms with E-state index in [2.05, 4.69) is 69.6 Å². The van der Waals surface area contributed by atoms with Crippen molar-refractivity contribution >= 4 is 22.3 Å².